The minimum absolute atomic E-state index is 0.0877. The van der Waals surface area contributed by atoms with Gasteiger partial charge in [-0.25, -0.2) is 0 Å². The third-order valence-corrected chi connectivity index (χ3v) is 3.48. The molecule has 1 aliphatic carbocycles. The van der Waals surface area contributed by atoms with Gasteiger partial charge in [0, 0.05) is 25.4 Å². The Balaban J connectivity index is 2.12. The number of carbonyl (C=O) groups is 1. The van der Waals surface area contributed by atoms with Crippen LogP contribution in [0.3, 0.4) is 0 Å². The summed E-state index contributed by atoms with van der Waals surface area (Å²) in [6.45, 7) is 0.663. The molecule has 1 fully saturated rings. The van der Waals surface area contributed by atoms with E-state index in [1.807, 2.05) is 4.90 Å². The molecule has 104 valence electrons. The molecule has 0 atom stereocenters. The molecule has 0 aromatic carbocycles. The number of carbonyl (C=O) groups excluding carboxylic acids is 1. The number of aliphatic hydroxyl groups excluding tert-OH is 1. The van der Waals surface area contributed by atoms with E-state index in [2.05, 4.69) is 10.4 Å². The zero-order valence-electron chi connectivity index (χ0n) is 10.9. The predicted molar refractivity (Wildman–Crippen MR) is 72.4 cm³/mol. The number of aliphatic hydroxyl groups is 1. The summed E-state index contributed by atoms with van der Waals surface area (Å²) in [5.74, 6) is 5.25. The Morgan fingerprint density at radius 3 is 2.95 bits per heavy atom. The lowest BCUT2D eigenvalue weighted by Gasteiger charge is -2.37. The summed E-state index contributed by atoms with van der Waals surface area (Å²) in [6.07, 6.45) is 5.38. The number of hydrogen-bond donors (Lipinski definition) is 3. The SMILES string of the molecule is NNc1ccnc(C(=O)N(CCCO)C2CCC2)c1. The molecule has 0 spiro atoms. The molecular formula is C13H20N4O2. The summed E-state index contributed by atoms with van der Waals surface area (Å²) in [5.41, 5.74) is 3.56. The van der Waals surface area contributed by atoms with Gasteiger partial charge in [0.1, 0.15) is 5.69 Å². The van der Waals surface area contributed by atoms with Crippen LogP contribution in [0.2, 0.25) is 0 Å². The van der Waals surface area contributed by atoms with Crippen molar-refractivity contribution in [2.45, 2.75) is 31.7 Å². The molecule has 0 aliphatic heterocycles. The van der Waals surface area contributed by atoms with Crippen LogP contribution in [-0.2, 0) is 0 Å². The highest BCUT2D eigenvalue weighted by molar-refractivity contribution is 5.93. The molecule has 0 bridgehead atoms. The maximum absolute atomic E-state index is 12.5. The average molecular weight is 264 g/mol. The molecule has 0 radical (unpaired) electrons. The topological polar surface area (TPSA) is 91.5 Å². The Morgan fingerprint density at radius 2 is 2.37 bits per heavy atom. The van der Waals surface area contributed by atoms with Crippen LogP contribution in [0.5, 0.6) is 0 Å². The van der Waals surface area contributed by atoms with Crippen molar-refractivity contribution in [3.63, 3.8) is 0 Å². The quantitative estimate of drug-likeness (QED) is 0.521. The van der Waals surface area contributed by atoms with Crippen molar-refractivity contribution in [3.05, 3.63) is 24.0 Å². The van der Waals surface area contributed by atoms with Crippen LogP contribution in [0, 0.1) is 0 Å². The first-order valence-corrected chi connectivity index (χ1v) is 6.60. The van der Waals surface area contributed by atoms with Gasteiger partial charge < -0.3 is 15.4 Å². The van der Waals surface area contributed by atoms with Crippen molar-refractivity contribution in [1.82, 2.24) is 9.88 Å². The number of nitrogens with zero attached hydrogens (tertiary/aromatic N) is 2. The third-order valence-electron chi connectivity index (χ3n) is 3.48. The normalized spacial score (nSPS) is 14.8. The number of hydrogen-bond acceptors (Lipinski definition) is 5. The lowest BCUT2D eigenvalue weighted by atomic mass is 9.91. The Morgan fingerprint density at radius 1 is 1.58 bits per heavy atom. The number of nitrogen functional groups attached to an aromatic ring is 1. The van der Waals surface area contributed by atoms with E-state index in [1.54, 1.807) is 18.3 Å². The fourth-order valence-corrected chi connectivity index (χ4v) is 2.17. The Kier molecular flexibility index (Phi) is 4.70. The summed E-state index contributed by atoms with van der Waals surface area (Å²) >= 11 is 0. The number of nitrogens with one attached hydrogen (secondary N) is 1. The summed E-state index contributed by atoms with van der Waals surface area (Å²) in [7, 11) is 0. The lowest BCUT2D eigenvalue weighted by molar-refractivity contribution is 0.0556. The number of amides is 1. The summed E-state index contributed by atoms with van der Waals surface area (Å²) < 4.78 is 0. The number of hydrazine groups is 1. The molecule has 1 amide bonds. The summed E-state index contributed by atoms with van der Waals surface area (Å²) in [5, 5.41) is 8.94. The first-order chi connectivity index (χ1) is 9.26. The predicted octanol–water partition coefficient (Wildman–Crippen LogP) is 0.744. The van der Waals surface area contributed by atoms with E-state index < -0.39 is 0 Å². The second-order valence-electron chi connectivity index (χ2n) is 4.73. The summed E-state index contributed by atoms with van der Waals surface area (Å²) in [6, 6.07) is 3.64. The van der Waals surface area contributed by atoms with Gasteiger partial charge in [-0.3, -0.25) is 15.6 Å². The molecule has 19 heavy (non-hydrogen) atoms. The van der Waals surface area contributed by atoms with Crippen LogP contribution >= 0.6 is 0 Å². The van der Waals surface area contributed by atoms with Crippen molar-refractivity contribution < 1.29 is 9.90 Å². The Hall–Kier alpha value is -1.66. The van der Waals surface area contributed by atoms with Crippen molar-refractivity contribution in [2.24, 2.45) is 5.84 Å². The van der Waals surface area contributed by atoms with Gasteiger partial charge in [-0.2, -0.15) is 0 Å². The maximum Gasteiger partial charge on any atom is 0.272 e. The molecule has 6 heteroatoms. The first kappa shape index (κ1) is 13.8. The van der Waals surface area contributed by atoms with E-state index >= 15 is 0 Å². The number of anilines is 1. The zero-order valence-corrected chi connectivity index (χ0v) is 10.9. The average Bonchev–Trinajstić information content (AvgIpc) is 2.40. The van der Waals surface area contributed by atoms with Gasteiger partial charge in [-0.05, 0) is 37.8 Å². The zero-order chi connectivity index (χ0) is 13.7. The highest BCUT2D eigenvalue weighted by atomic mass is 16.3. The van der Waals surface area contributed by atoms with E-state index in [0.717, 1.165) is 19.3 Å². The van der Waals surface area contributed by atoms with Crippen molar-refractivity contribution in [1.29, 1.82) is 0 Å². The van der Waals surface area contributed by atoms with Crippen molar-refractivity contribution in [3.8, 4) is 0 Å². The molecule has 2 rings (SSSR count). The van der Waals surface area contributed by atoms with Crippen LogP contribution in [0.25, 0.3) is 0 Å². The van der Waals surface area contributed by atoms with Crippen LogP contribution in [-0.4, -0.2) is 40.1 Å². The van der Waals surface area contributed by atoms with Gasteiger partial charge in [-0.1, -0.05) is 0 Å². The van der Waals surface area contributed by atoms with Gasteiger partial charge >= 0.3 is 0 Å². The summed E-state index contributed by atoms with van der Waals surface area (Å²) in [4.78, 5) is 18.4. The lowest BCUT2D eigenvalue weighted by Crippen LogP contribution is -2.45. The van der Waals surface area contributed by atoms with Crippen LogP contribution in [0.1, 0.15) is 36.2 Å². The number of aromatic nitrogens is 1. The highest BCUT2D eigenvalue weighted by Gasteiger charge is 2.29. The minimum atomic E-state index is -0.0877. The highest BCUT2D eigenvalue weighted by Crippen LogP contribution is 2.26. The van der Waals surface area contributed by atoms with E-state index in [1.165, 1.54) is 0 Å². The smallest absolute Gasteiger partial charge is 0.272 e. The molecule has 0 saturated heterocycles. The molecule has 1 saturated carbocycles. The van der Waals surface area contributed by atoms with E-state index in [9.17, 15) is 4.79 Å². The molecule has 1 aromatic rings. The molecular weight excluding hydrogens is 244 g/mol. The van der Waals surface area contributed by atoms with E-state index in [4.69, 9.17) is 10.9 Å². The van der Waals surface area contributed by atoms with Crippen molar-refractivity contribution >= 4 is 11.6 Å². The second-order valence-corrected chi connectivity index (χ2v) is 4.73. The Bertz CT molecular complexity index is 434. The monoisotopic (exact) mass is 264 g/mol. The number of pyridine rings is 1. The first-order valence-electron chi connectivity index (χ1n) is 6.60. The largest absolute Gasteiger partial charge is 0.396 e. The van der Waals surface area contributed by atoms with E-state index in [-0.39, 0.29) is 18.6 Å². The van der Waals surface area contributed by atoms with Gasteiger partial charge in [-0.15, -0.1) is 0 Å². The van der Waals surface area contributed by atoms with Crippen LogP contribution < -0.4 is 11.3 Å². The van der Waals surface area contributed by atoms with Gasteiger partial charge in [0.25, 0.3) is 5.91 Å². The fourth-order valence-electron chi connectivity index (χ4n) is 2.17. The molecule has 6 nitrogen and oxygen atoms in total. The van der Waals surface area contributed by atoms with Gasteiger partial charge in [0.05, 0.1) is 5.69 Å². The molecule has 1 heterocycles. The second kappa shape index (κ2) is 6.49. The standard InChI is InChI=1S/C13H20N4O2/c14-16-10-5-6-15-12(9-10)13(19)17(7-2-8-18)11-3-1-4-11/h5-6,9,11,18H,1-4,7-8,14H2,(H,15,16). The molecule has 1 aromatic heterocycles. The van der Waals surface area contributed by atoms with Gasteiger partial charge in [0.2, 0.25) is 0 Å². The van der Waals surface area contributed by atoms with Crippen LogP contribution in [0.15, 0.2) is 18.3 Å². The third kappa shape index (κ3) is 3.21. The molecule has 1 aliphatic rings. The Labute approximate surface area is 112 Å². The molecule has 4 N–H and O–H groups in total. The maximum atomic E-state index is 12.5. The van der Waals surface area contributed by atoms with Crippen LogP contribution in [0.4, 0.5) is 5.69 Å². The number of nitrogens with two attached hydrogens (primary N) is 1. The van der Waals surface area contributed by atoms with Crippen molar-refractivity contribution in [2.75, 3.05) is 18.6 Å². The van der Waals surface area contributed by atoms with E-state index in [0.29, 0.717) is 24.3 Å². The number of rotatable bonds is 6. The molecule has 0 unspecified atom stereocenters. The fraction of sp³-hybridized carbons (Fsp3) is 0.538. The minimum Gasteiger partial charge on any atom is -0.396 e. The van der Waals surface area contributed by atoms with Gasteiger partial charge in [0.15, 0.2) is 0 Å².